The van der Waals surface area contributed by atoms with Crippen LogP contribution in [0.25, 0.3) is 12.2 Å². The first-order valence-corrected chi connectivity index (χ1v) is 9.36. The Morgan fingerprint density at radius 2 is 1.00 bits per heavy atom. The molecule has 0 amide bonds. The molecule has 0 radical (unpaired) electrons. The fourth-order valence-electron chi connectivity index (χ4n) is 1.83. The largest absolute Gasteiger partial charge is 0.346 e. The first-order chi connectivity index (χ1) is 10.5. The number of hydrogen-bond acceptors (Lipinski definition) is 4. The van der Waals surface area contributed by atoms with E-state index in [0.29, 0.717) is 0 Å². The van der Waals surface area contributed by atoms with Gasteiger partial charge in [-0.2, -0.15) is 9.13 Å². The average molecular weight is 340 g/mol. The second kappa shape index (κ2) is 8.39. The summed E-state index contributed by atoms with van der Waals surface area (Å²) in [4.78, 5) is 35.8. The van der Waals surface area contributed by atoms with Crippen molar-refractivity contribution in [3.63, 3.8) is 0 Å². The van der Waals surface area contributed by atoms with Gasteiger partial charge in [0.1, 0.15) is 0 Å². The molecule has 8 heteroatoms. The highest BCUT2D eigenvalue weighted by molar-refractivity contribution is 7.43. The summed E-state index contributed by atoms with van der Waals surface area (Å²) >= 11 is 0. The molecular formula is C14H18N2O4P2+2. The van der Waals surface area contributed by atoms with Gasteiger partial charge in [0.2, 0.25) is 29.3 Å². The molecule has 0 unspecified atom stereocenters. The Morgan fingerprint density at radius 3 is 1.27 bits per heavy atom. The standard InChI is InChI=1S/C14H18N2O4P2/c17-21(18)11-15-7-3-13(4-8-15)1-2-14-5-9-16(10-6-14)12-22(19)20/h1-10,17-20H,11-12H2/q+2. The molecule has 0 fully saturated rings. The second-order valence-corrected chi connectivity index (χ2v) is 6.71. The number of pyridine rings is 2. The molecule has 0 aliphatic heterocycles. The van der Waals surface area contributed by atoms with Crippen LogP contribution in [-0.4, -0.2) is 19.6 Å². The van der Waals surface area contributed by atoms with Crippen molar-refractivity contribution in [2.45, 2.75) is 12.6 Å². The molecule has 0 aromatic carbocycles. The van der Waals surface area contributed by atoms with Crippen LogP contribution in [0.3, 0.4) is 0 Å². The van der Waals surface area contributed by atoms with Gasteiger partial charge in [-0.3, -0.25) is 0 Å². The lowest BCUT2D eigenvalue weighted by atomic mass is 10.2. The molecule has 0 spiro atoms. The van der Waals surface area contributed by atoms with Gasteiger partial charge in [0.05, 0.1) is 0 Å². The molecule has 116 valence electrons. The van der Waals surface area contributed by atoms with Crippen molar-refractivity contribution in [2.24, 2.45) is 0 Å². The van der Waals surface area contributed by atoms with Gasteiger partial charge in [-0.25, -0.2) is 0 Å². The number of nitrogens with zero attached hydrogens (tertiary/aromatic N) is 2. The Morgan fingerprint density at radius 1 is 0.682 bits per heavy atom. The van der Waals surface area contributed by atoms with Crippen LogP contribution in [0.15, 0.2) is 49.1 Å². The first kappa shape index (κ1) is 17.1. The van der Waals surface area contributed by atoms with Crippen molar-refractivity contribution < 1.29 is 28.7 Å². The summed E-state index contributed by atoms with van der Waals surface area (Å²) in [5, 5.41) is 0. The van der Waals surface area contributed by atoms with Gasteiger partial charge in [0.25, 0.3) is 0 Å². The minimum Gasteiger partial charge on any atom is -0.346 e. The van der Waals surface area contributed by atoms with Crippen molar-refractivity contribution in [1.82, 2.24) is 0 Å². The van der Waals surface area contributed by atoms with Gasteiger partial charge < -0.3 is 19.6 Å². The highest BCUT2D eigenvalue weighted by atomic mass is 31.2. The lowest BCUT2D eigenvalue weighted by Gasteiger charge is -1.99. The molecule has 22 heavy (non-hydrogen) atoms. The Kier molecular flexibility index (Phi) is 6.52. The van der Waals surface area contributed by atoms with Gasteiger partial charge in [0.15, 0.2) is 24.8 Å². The van der Waals surface area contributed by atoms with Crippen LogP contribution in [0.2, 0.25) is 0 Å². The van der Waals surface area contributed by atoms with Crippen molar-refractivity contribution in [3.8, 4) is 0 Å². The third-order valence-corrected chi connectivity index (χ3v) is 4.04. The van der Waals surface area contributed by atoms with E-state index in [1.807, 2.05) is 36.4 Å². The third kappa shape index (κ3) is 5.85. The molecule has 2 aromatic heterocycles. The van der Waals surface area contributed by atoms with E-state index in [4.69, 9.17) is 19.6 Å². The van der Waals surface area contributed by atoms with E-state index in [-0.39, 0.29) is 12.6 Å². The molecule has 0 aliphatic rings. The van der Waals surface area contributed by atoms with E-state index >= 15 is 0 Å². The van der Waals surface area contributed by atoms with Crippen molar-refractivity contribution >= 4 is 28.9 Å². The zero-order chi connectivity index (χ0) is 15.9. The monoisotopic (exact) mass is 340 g/mol. The van der Waals surface area contributed by atoms with Crippen molar-refractivity contribution in [3.05, 3.63) is 60.2 Å². The maximum Gasteiger partial charge on any atom is 0.236 e. The molecule has 0 aliphatic carbocycles. The average Bonchev–Trinajstić information content (AvgIpc) is 2.47. The van der Waals surface area contributed by atoms with Crippen LogP contribution in [0, 0.1) is 0 Å². The molecule has 2 aromatic rings. The van der Waals surface area contributed by atoms with Crippen molar-refractivity contribution in [2.75, 3.05) is 0 Å². The molecule has 0 saturated carbocycles. The fourth-order valence-corrected chi connectivity index (χ4v) is 2.79. The number of rotatable bonds is 6. The van der Waals surface area contributed by atoms with Gasteiger partial charge in [-0.15, -0.1) is 0 Å². The molecular weight excluding hydrogens is 322 g/mol. The summed E-state index contributed by atoms with van der Waals surface area (Å²) in [6, 6.07) is 7.57. The van der Waals surface area contributed by atoms with E-state index in [2.05, 4.69) is 0 Å². The van der Waals surface area contributed by atoms with E-state index in [1.165, 1.54) is 0 Å². The Hall–Kier alpha value is -1.26. The van der Waals surface area contributed by atoms with Crippen LogP contribution in [0.4, 0.5) is 0 Å². The predicted octanol–water partition coefficient (Wildman–Crippen LogP) is 0.940. The van der Waals surface area contributed by atoms with Gasteiger partial charge >= 0.3 is 0 Å². The van der Waals surface area contributed by atoms with Crippen LogP contribution >= 0.6 is 16.8 Å². The van der Waals surface area contributed by atoms with Crippen LogP contribution < -0.4 is 9.13 Å². The van der Waals surface area contributed by atoms with Crippen LogP contribution in [0.1, 0.15) is 11.1 Å². The number of aromatic nitrogens is 2. The summed E-state index contributed by atoms with van der Waals surface area (Å²) < 4.78 is 3.44. The van der Waals surface area contributed by atoms with Gasteiger partial charge in [-0.1, -0.05) is 12.2 Å². The minimum atomic E-state index is -1.93. The lowest BCUT2D eigenvalue weighted by Crippen LogP contribution is -2.31. The summed E-state index contributed by atoms with van der Waals surface area (Å²) in [6.45, 7) is 0. The van der Waals surface area contributed by atoms with Crippen LogP contribution in [0.5, 0.6) is 0 Å². The zero-order valence-corrected chi connectivity index (χ0v) is 13.6. The molecule has 0 atom stereocenters. The van der Waals surface area contributed by atoms with E-state index in [9.17, 15) is 0 Å². The predicted molar refractivity (Wildman–Crippen MR) is 84.9 cm³/mol. The van der Waals surface area contributed by atoms with Gasteiger partial charge in [0, 0.05) is 24.3 Å². The smallest absolute Gasteiger partial charge is 0.236 e. The minimum absolute atomic E-state index is 0.205. The molecule has 4 N–H and O–H groups in total. The van der Waals surface area contributed by atoms with E-state index in [0.717, 1.165) is 11.1 Å². The third-order valence-electron chi connectivity index (χ3n) is 2.88. The zero-order valence-electron chi connectivity index (χ0n) is 11.8. The maximum atomic E-state index is 8.96. The molecule has 0 saturated heterocycles. The topological polar surface area (TPSA) is 88.7 Å². The Balaban J connectivity index is 1.99. The summed E-state index contributed by atoms with van der Waals surface area (Å²) in [7, 11) is -3.86. The molecule has 2 heterocycles. The Bertz CT molecular complexity index is 560. The SMILES string of the molecule is OP(O)C[n+]1ccc(C=Cc2cc[n+](CP(O)O)cc2)cc1. The maximum absolute atomic E-state index is 8.96. The Labute approximate surface area is 131 Å². The van der Waals surface area contributed by atoms with Crippen molar-refractivity contribution in [1.29, 1.82) is 0 Å². The van der Waals surface area contributed by atoms with Crippen LogP contribution in [-0.2, 0) is 12.6 Å². The highest BCUT2D eigenvalue weighted by Crippen LogP contribution is 2.22. The highest BCUT2D eigenvalue weighted by Gasteiger charge is 2.07. The fraction of sp³-hybridized carbons (Fsp3) is 0.143. The molecule has 2 rings (SSSR count). The summed E-state index contributed by atoms with van der Waals surface area (Å²) in [6.07, 6.45) is 11.5. The quantitative estimate of drug-likeness (QED) is 0.466. The summed E-state index contributed by atoms with van der Waals surface area (Å²) in [5.74, 6) is 0. The van der Waals surface area contributed by atoms with E-state index < -0.39 is 16.8 Å². The summed E-state index contributed by atoms with van der Waals surface area (Å²) in [5.41, 5.74) is 2.00. The molecule has 6 nitrogen and oxygen atoms in total. The second-order valence-electron chi connectivity index (χ2n) is 4.65. The lowest BCUT2D eigenvalue weighted by molar-refractivity contribution is -0.679. The molecule has 0 bridgehead atoms. The van der Waals surface area contributed by atoms with Gasteiger partial charge in [-0.05, 0) is 11.1 Å². The van der Waals surface area contributed by atoms with E-state index in [1.54, 1.807) is 33.9 Å². The first-order valence-electron chi connectivity index (χ1n) is 6.50. The number of hydrogen-bond donors (Lipinski definition) is 4. The normalized spacial score (nSPS) is 11.7.